The first kappa shape index (κ1) is 14.2. The third kappa shape index (κ3) is 2.44. The van der Waals surface area contributed by atoms with Gasteiger partial charge in [-0.25, -0.2) is 0 Å². The summed E-state index contributed by atoms with van der Waals surface area (Å²) in [7, 11) is 1.89. The molecule has 1 aliphatic carbocycles. The number of rotatable bonds is 4. The molecule has 118 valence electrons. The Morgan fingerprint density at radius 1 is 1.32 bits per heavy atom. The summed E-state index contributed by atoms with van der Waals surface area (Å²) in [4.78, 5) is 6.92. The van der Waals surface area contributed by atoms with Crippen molar-refractivity contribution in [3.05, 3.63) is 28.1 Å². The Hall–Kier alpha value is -1.40. The summed E-state index contributed by atoms with van der Waals surface area (Å²) in [5.41, 5.74) is 2.15. The Morgan fingerprint density at radius 2 is 2.14 bits per heavy atom. The smallest absolute Gasteiger partial charge is 0.240 e. The number of nitrogens with zero attached hydrogens (tertiary/aromatic N) is 5. The normalized spacial score (nSPS) is 22.6. The lowest BCUT2D eigenvalue weighted by molar-refractivity contribution is 0.212. The molecule has 2 fully saturated rings. The van der Waals surface area contributed by atoms with Gasteiger partial charge in [-0.1, -0.05) is 16.8 Å². The van der Waals surface area contributed by atoms with E-state index in [1.165, 1.54) is 12.8 Å². The first-order chi connectivity index (χ1) is 10.6. The van der Waals surface area contributed by atoms with E-state index in [-0.39, 0.29) is 6.04 Å². The van der Waals surface area contributed by atoms with Gasteiger partial charge in [0, 0.05) is 24.6 Å². The summed E-state index contributed by atoms with van der Waals surface area (Å²) in [6.07, 6.45) is 4.63. The molecule has 1 saturated heterocycles. The van der Waals surface area contributed by atoms with Crippen molar-refractivity contribution in [3.8, 4) is 0 Å². The minimum atomic E-state index is 0.289. The van der Waals surface area contributed by atoms with Crippen molar-refractivity contribution in [1.29, 1.82) is 0 Å². The van der Waals surface area contributed by atoms with Crippen molar-refractivity contribution in [3.63, 3.8) is 0 Å². The highest BCUT2D eigenvalue weighted by Crippen LogP contribution is 2.40. The third-order valence-corrected chi connectivity index (χ3v) is 5.11. The molecule has 0 N–H and O–H groups in total. The molecule has 0 aromatic carbocycles. The average molecular weight is 322 g/mol. The predicted octanol–water partition coefficient (Wildman–Crippen LogP) is 2.98. The quantitative estimate of drug-likeness (QED) is 0.866. The van der Waals surface area contributed by atoms with Gasteiger partial charge in [-0.05, 0) is 39.2 Å². The van der Waals surface area contributed by atoms with Gasteiger partial charge < -0.3 is 4.52 Å². The Bertz CT molecular complexity index is 690. The maximum absolute atomic E-state index is 6.44. The van der Waals surface area contributed by atoms with Crippen LogP contribution in [-0.4, -0.2) is 31.4 Å². The third-order valence-electron chi connectivity index (χ3n) is 4.66. The number of aromatic nitrogens is 4. The zero-order valence-electron chi connectivity index (χ0n) is 12.9. The summed E-state index contributed by atoms with van der Waals surface area (Å²) in [5, 5.41) is 9.28. The van der Waals surface area contributed by atoms with Gasteiger partial charge in [-0.2, -0.15) is 10.1 Å². The molecule has 0 unspecified atom stereocenters. The van der Waals surface area contributed by atoms with Crippen molar-refractivity contribution >= 4 is 11.6 Å². The maximum atomic E-state index is 6.44. The molecule has 2 aromatic heterocycles. The van der Waals surface area contributed by atoms with Crippen LogP contribution < -0.4 is 0 Å². The van der Waals surface area contributed by atoms with Gasteiger partial charge in [0.25, 0.3) is 0 Å². The van der Waals surface area contributed by atoms with E-state index in [4.69, 9.17) is 16.1 Å². The van der Waals surface area contributed by atoms with Gasteiger partial charge in [-0.3, -0.25) is 9.58 Å². The van der Waals surface area contributed by atoms with Gasteiger partial charge in [0.15, 0.2) is 5.82 Å². The zero-order valence-corrected chi connectivity index (χ0v) is 13.7. The van der Waals surface area contributed by atoms with E-state index < -0.39 is 0 Å². The first-order valence-corrected chi connectivity index (χ1v) is 8.27. The molecule has 3 heterocycles. The lowest BCUT2D eigenvalue weighted by atomic mass is 10.1. The highest BCUT2D eigenvalue weighted by atomic mass is 35.5. The topological polar surface area (TPSA) is 60.0 Å². The summed E-state index contributed by atoms with van der Waals surface area (Å²) in [5.74, 6) is 2.12. The van der Waals surface area contributed by atoms with Crippen molar-refractivity contribution in [2.24, 2.45) is 7.05 Å². The molecule has 2 aromatic rings. The van der Waals surface area contributed by atoms with Crippen molar-refractivity contribution in [1.82, 2.24) is 24.8 Å². The molecule has 4 rings (SSSR count). The van der Waals surface area contributed by atoms with Crippen molar-refractivity contribution < 1.29 is 4.52 Å². The van der Waals surface area contributed by atoms with E-state index in [1.54, 1.807) is 4.68 Å². The molecule has 1 aliphatic heterocycles. The Morgan fingerprint density at radius 3 is 2.82 bits per heavy atom. The minimum Gasteiger partial charge on any atom is -0.338 e. The fourth-order valence-corrected chi connectivity index (χ4v) is 3.68. The SMILES string of the molecule is Cc1nn(C)c(Cl)c1[C@H]1CCCN1Cc1nc(C2CC2)no1. The fourth-order valence-electron chi connectivity index (χ4n) is 3.38. The van der Waals surface area contributed by atoms with Crippen LogP contribution in [0.4, 0.5) is 0 Å². The number of likely N-dealkylation sites (tertiary alicyclic amines) is 1. The molecule has 0 bridgehead atoms. The summed E-state index contributed by atoms with van der Waals surface area (Å²) in [6.45, 7) is 3.74. The second kappa shape index (κ2) is 5.35. The Balaban J connectivity index is 1.55. The van der Waals surface area contributed by atoms with Crippen LogP contribution >= 0.6 is 11.6 Å². The highest BCUT2D eigenvalue weighted by Gasteiger charge is 2.33. The van der Waals surface area contributed by atoms with E-state index >= 15 is 0 Å². The van der Waals surface area contributed by atoms with Crippen LogP contribution in [0.1, 0.15) is 60.6 Å². The van der Waals surface area contributed by atoms with Crippen molar-refractivity contribution in [2.75, 3.05) is 6.54 Å². The molecule has 1 atom stereocenters. The van der Waals surface area contributed by atoms with Crippen LogP contribution in [0.25, 0.3) is 0 Å². The molecular formula is C15H20ClN5O. The van der Waals surface area contributed by atoms with E-state index in [1.807, 2.05) is 14.0 Å². The maximum Gasteiger partial charge on any atom is 0.240 e. The standard InChI is InChI=1S/C15H20ClN5O/c1-9-13(14(16)20(2)18-9)11-4-3-7-21(11)8-12-17-15(19-22-12)10-5-6-10/h10-11H,3-8H2,1-2H3/t11-/m1/s1. The van der Waals surface area contributed by atoms with Gasteiger partial charge in [0.1, 0.15) is 5.15 Å². The molecule has 0 amide bonds. The van der Waals surface area contributed by atoms with E-state index in [2.05, 4.69) is 20.1 Å². The molecule has 0 spiro atoms. The summed E-state index contributed by atoms with van der Waals surface area (Å²) in [6, 6.07) is 0.289. The van der Waals surface area contributed by atoms with Gasteiger partial charge in [0.05, 0.1) is 12.2 Å². The number of aryl methyl sites for hydroxylation is 2. The number of hydrogen-bond acceptors (Lipinski definition) is 5. The van der Waals surface area contributed by atoms with Gasteiger partial charge >= 0.3 is 0 Å². The van der Waals surface area contributed by atoms with Crippen molar-refractivity contribution in [2.45, 2.75) is 51.1 Å². The van der Waals surface area contributed by atoms with Gasteiger partial charge in [0.2, 0.25) is 5.89 Å². The molecule has 2 aliphatic rings. The van der Waals surface area contributed by atoms with Gasteiger partial charge in [-0.15, -0.1) is 0 Å². The lowest BCUT2D eigenvalue weighted by Gasteiger charge is -2.22. The van der Waals surface area contributed by atoms with Crippen LogP contribution in [0.2, 0.25) is 5.15 Å². The molecule has 6 nitrogen and oxygen atoms in total. The Kier molecular flexibility index (Phi) is 3.46. The largest absolute Gasteiger partial charge is 0.338 e. The minimum absolute atomic E-state index is 0.289. The van der Waals surface area contributed by atoms with Crippen LogP contribution in [0, 0.1) is 6.92 Å². The highest BCUT2D eigenvalue weighted by molar-refractivity contribution is 6.30. The fraction of sp³-hybridized carbons (Fsp3) is 0.667. The average Bonchev–Trinajstić information content (AvgIpc) is 2.98. The molecule has 1 saturated carbocycles. The number of hydrogen-bond donors (Lipinski definition) is 0. The first-order valence-electron chi connectivity index (χ1n) is 7.89. The predicted molar refractivity (Wildman–Crippen MR) is 81.6 cm³/mol. The van der Waals surface area contributed by atoms with E-state index in [0.717, 1.165) is 41.6 Å². The molecule has 0 radical (unpaired) electrons. The second-order valence-electron chi connectivity index (χ2n) is 6.36. The summed E-state index contributed by atoms with van der Waals surface area (Å²) >= 11 is 6.44. The van der Waals surface area contributed by atoms with E-state index in [9.17, 15) is 0 Å². The monoisotopic (exact) mass is 321 g/mol. The Labute approximate surface area is 134 Å². The number of halogens is 1. The van der Waals surface area contributed by atoms with Crippen LogP contribution in [0.3, 0.4) is 0 Å². The second-order valence-corrected chi connectivity index (χ2v) is 6.72. The van der Waals surface area contributed by atoms with Crippen LogP contribution in [0.15, 0.2) is 4.52 Å². The van der Waals surface area contributed by atoms with E-state index in [0.29, 0.717) is 18.4 Å². The molecule has 22 heavy (non-hydrogen) atoms. The lowest BCUT2D eigenvalue weighted by Crippen LogP contribution is -2.23. The van der Waals surface area contributed by atoms with Crippen LogP contribution in [0.5, 0.6) is 0 Å². The molecule has 7 heteroatoms. The summed E-state index contributed by atoms with van der Waals surface area (Å²) < 4.78 is 7.17. The zero-order chi connectivity index (χ0) is 15.3. The van der Waals surface area contributed by atoms with Crippen LogP contribution in [-0.2, 0) is 13.6 Å². The molecular weight excluding hydrogens is 302 g/mol.